The fraction of sp³-hybridized carbons (Fsp3) is 0.0476. The summed E-state index contributed by atoms with van der Waals surface area (Å²) < 4.78 is 3.22. The third-order valence-corrected chi connectivity index (χ3v) is 4.37. The lowest BCUT2D eigenvalue weighted by Crippen LogP contribution is -2.42. The minimum absolute atomic E-state index is 0.0514. The number of carbonyl (C=O) groups excluding carboxylic acids is 1. The van der Waals surface area contributed by atoms with Gasteiger partial charge in [0, 0.05) is 21.9 Å². The van der Waals surface area contributed by atoms with Gasteiger partial charge < -0.3 is 5.41 Å². The molecule has 27 heavy (non-hydrogen) atoms. The van der Waals surface area contributed by atoms with Gasteiger partial charge in [0.2, 0.25) is 5.78 Å². The summed E-state index contributed by atoms with van der Waals surface area (Å²) in [5, 5.41) is 22.4. The van der Waals surface area contributed by atoms with Gasteiger partial charge in [-0.05, 0) is 5.56 Å². The number of fused-ring (bicyclic) bond motifs is 1. The van der Waals surface area contributed by atoms with Gasteiger partial charge in [-0.25, -0.2) is 4.57 Å². The van der Waals surface area contributed by atoms with Crippen molar-refractivity contribution in [3.8, 4) is 0 Å². The molecule has 0 unspecified atom stereocenters. The standard InChI is InChI=1S/C21H15N5O/c22-12-17-11-18(20(27)16-9-5-2-6-10-16)26-21(19(17)23)25(14-24-26)13-15-7-3-1-4-8-15/h1-11,14,23H,13H2. The predicted molar refractivity (Wildman–Crippen MR) is 99.3 cm³/mol. The van der Waals surface area contributed by atoms with Crippen molar-refractivity contribution >= 4 is 17.3 Å². The van der Waals surface area contributed by atoms with Crippen LogP contribution in [0.15, 0.2) is 73.1 Å². The number of nitrogens with zero attached hydrogens (tertiary/aromatic N) is 4. The van der Waals surface area contributed by atoms with Crippen LogP contribution >= 0.6 is 0 Å². The molecule has 0 saturated carbocycles. The summed E-state index contributed by atoms with van der Waals surface area (Å²) in [4.78, 5) is 13.0. The Hall–Kier alpha value is -3.89. The van der Waals surface area contributed by atoms with Crippen molar-refractivity contribution in [2.45, 2.75) is 6.54 Å². The van der Waals surface area contributed by atoms with E-state index in [1.165, 1.54) is 10.6 Å². The molecule has 0 aliphatic carbocycles. The van der Waals surface area contributed by atoms with Gasteiger partial charge in [0.05, 0.1) is 6.54 Å². The normalized spacial score (nSPS) is 10.7. The SMILES string of the molecule is [N-]=C=c1cc(C(=O)c2ccccc2)n2nc[n+](Cc3ccccc3)c2c1=N. The first-order valence-electron chi connectivity index (χ1n) is 8.38. The van der Waals surface area contributed by atoms with E-state index < -0.39 is 0 Å². The van der Waals surface area contributed by atoms with Gasteiger partial charge in [0.15, 0.2) is 5.69 Å². The van der Waals surface area contributed by atoms with Crippen LogP contribution < -0.4 is 15.1 Å². The molecule has 0 aliphatic heterocycles. The Balaban J connectivity index is 1.94. The Kier molecular flexibility index (Phi) is 4.16. The highest BCUT2D eigenvalue weighted by Crippen LogP contribution is 2.08. The molecular weight excluding hydrogens is 338 g/mol. The van der Waals surface area contributed by atoms with E-state index >= 15 is 0 Å². The summed E-state index contributed by atoms with van der Waals surface area (Å²) in [6, 6.07) is 20.0. The largest absolute Gasteiger partial charge is 0.763 e. The van der Waals surface area contributed by atoms with Gasteiger partial charge in [0.1, 0.15) is 5.36 Å². The molecular formula is C21H15N5O. The van der Waals surface area contributed by atoms with E-state index in [0.29, 0.717) is 17.8 Å². The topological polar surface area (TPSA) is 84.4 Å². The van der Waals surface area contributed by atoms with Gasteiger partial charge in [-0.15, -0.1) is 0 Å². The first-order chi connectivity index (χ1) is 13.2. The lowest BCUT2D eigenvalue weighted by Gasteiger charge is -2.02. The molecule has 2 aromatic heterocycles. The fourth-order valence-electron chi connectivity index (χ4n) is 3.04. The molecule has 130 valence electrons. The van der Waals surface area contributed by atoms with Crippen LogP contribution in [0.4, 0.5) is 0 Å². The van der Waals surface area contributed by atoms with E-state index in [2.05, 4.69) is 5.10 Å². The third kappa shape index (κ3) is 2.94. The Morgan fingerprint density at radius 1 is 1.11 bits per heavy atom. The van der Waals surface area contributed by atoms with Crippen LogP contribution in [-0.4, -0.2) is 21.3 Å². The Morgan fingerprint density at radius 2 is 1.78 bits per heavy atom. The number of benzene rings is 2. The average molecular weight is 353 g/mol. The molecule has 1 N–H and O–H groups in total. The molecule has 6 nitrogen and oxygen atoms in total. The molecule has 4 rings (SSSR count). The van der Waals surface area contributed by atoms with Crippen molar-refractivity contribution in [3.05, 3.63) is 106 Å². The van der Waals surface area contributed by atoms with Crippen molar-refractivity contribution in [3.63, 3.8) is 0 Å². The molecule has 0 spiro atoms. The third-order valence-electron chi connectivity index (χ3n) is 4.37. The number of carbonyl (C=O) groups is 1. The first kappa shape index (κ1) is 16.6. The zero-order valence-corrected chi connectivity index (χ0v) is 14.3. The van der Waals surface area contributed by atoms with E-state index in [1.54, 1.807) is 35.2 Å². The van der Waals surface area contributed by atoms with Gasteiger partial charge >= 0.3 is 0 Å². The van der Waals surface area contributed by atoms with Gasteiger partial charge in [-0.1, -0.05) is 65.2 Å². The fourth-order valence-corrected chi connectivity index (χ4v) is 3.04. The average Bonchev–Trinajstić information content (AvgIpc) is 3.13. The minimum Gasteiger partial charge on any atom is -0.763 e. The summed E-state index contributed by atoms with van der Waals surface area (Å²) in [7, 11) is 0. The second kappa shape index (κ2) is 6.78. The zero-order chi connectivity index (χ0) is 18.8. The summed E-state index contributed by atoms with van der Waals surface area (Å²) >= 11 is 0. The molecule has 0 amide bonds. The number of hydrogen-bond acceptors (Lipinski definition) is 3. The second-order valence-corrected chi connectivity index (χ2v) is 6.11. The second-order valence-electron chi connectivity index (χ2n) is 6.11. The van der Waals surface area contributed by atoms with E-state index in [-0.39, 0.29) is 22.1 Å². The van der Waals surface area contributed by atoms with Crippen LogP contribution in [-0.2, 0) is 6.54 Å². The maximum Gasteiger partial charge on any atom is 0.293 e. The number of pyridine rings is 1. The monoisotopic (exact) mass is 353 g/mol. The van der Waals surface area contributed by atoms with Gasteiger partial charge in [-0.2, -0.15) is 0 Å². The number of hydrogen-bond donors (Lipinski definition) is 1. The smallest absolute Gasteiger partial charge is 0.293 e. The first-order valence-corrected chi connectivity index (χ1v) is 8.38. The number of ketones is 1. The molecule has 0 radical (unpaired) electrons. The predicted octanol–water partition coefficient (Wildman–Crippen LogP) is 1.01. The van der Waals surface area contributed by atoms with Crippen molar-refractivity contribution in [1.82, 2.24) is 9.61 Å². The van der Waals surface area contributed by atoms with Gasteiger partial charge in [0.25, 0.3) is 12.0 Å². The molecule has 4 aromatic rings. The molecule has 6 heteroatoms. The molecule has 2 aromatic carbocycles. The molecule has 0 saturated heterocycles. The van der Waals surface area contributed by atoms with E-state index in [1.807, 2.05) is 42.3 Å². The van der Waals surface area contributed by atoms with Crippen LogP contribution in [0, 0.1) is 5.41 Å². The maximum atomic E-state index is 13.0. The van der Waals surface area contributed by atoms with Crippen molar-refractivity contribution in [2.75, 3.05) is 0 Å². The summed E-state index contributed by atoms with van der Waals surface area (Å²) in [6.45, 7) is 0.490. The summed E-state index contributed by atoms with van der Waals surface area (Å²) in [5.74, 6) is 1.78. The highest BCUT2D eigenvalue weighted by atomic mass is 16.1. The van der Waals surface area contributed by atoms with Crippen molar-refractivity contribution < 1.29 is 9.36 Å². The van der Waals surface area contributed by atoms with Crippen LogP contribution in [0.1, 0.15) is 21.6 Å². The van der Waals surface area contributed by atoms with Crippen LogP contribution in [0.3, 0.4) is 0 Å². The molecule has 2 heterocycles. The number of nitrogens with one attached hydrogen (secondary N) is 1. The summed E-state index contributed by atoms with van der Waals surface area (Å²) in [6.07, 6.45) is 1.59. The van der Waals surface area contributed by atoms with Gasteiger partial charge in [-0.3, -0.25) is 16.1 Å². The molecule has 0 fully saturated rings. The van der Waals surface area contributed by atoms with Crippen LogP contribution in [0.2, 0.25) is 0 Å². The lowest BCUT2D eigenvalue weighted by atomic mass is 10.1. The zero-order valence-electron chi connectivity index (χ0n) is 14.3. The van der Waals surface area contributed by atoms with E-state index in [9.17, 15) is 10.2 Å². The molecule has 0 aliphatic rings. The van der Waals surface area contributed by atoms with E-state index in [4.69, 9.17) is 5.41 Å². The highest BCUT2D eigenvalue weighted by molar-refractivity contribution is 6.08. The van der Waals surface area contributed by atoms with Crippen molar-refractivity contribution in [2.24, 2.45) is 0 Å². The minimum atomic E-state index is -0.243. The summed E-state index contributed by atoms with van der Waals surface area (Å²) in [5.41, 5.74) is 2.22. The van der Waals surface area contributed by atoms with Crippen LogP contribution in [0.5, 0.6) is 0 Å². The number of rotatable bonds is 4. The van der Waals surface area contributed by atoms with Crippen LogP contribution in [0.25, 0.3) is 11.1 Å². The van der Waals surface area contributed by atoms with Crippen molar-refractivity contribution in [1.29, 1.82) is 5.41 Å². The number of aromatic nitrogens is 3. The lowest BCUT2D eigenvalue weighted by molar-refractivity contribution is -0.664. The maximum absolute atomic E-state index is 13.0. The Morgan fingerprint density at radius 3 is 2.44 bits per heavy atom. The molecule has 0 bridgehead atoms. The van der Waals surface area contributed by atoms with E-state index in [0.717, 1.165) is 5.56 Å². The highest BCUT2D eigenvalue weighted by Gasteiger charge is 2.23. The molecule has 0 atom stereocenters. The quantitative estimate of drug-likeness (QED) is 0.337. The Labute approximate surface area is 154 Å². The Bertz CT molecular complexity index is 1270.